The molecule has 2 heterocycles. The zero-order valence-electron chi connectivity index (χ0n) is 22.9. The summed E-state index contributed by atoms with van der Waals surface area (Å²) in [5.74, 6) is 0.759. The highest BCUT2D eigenvalue weighted by molar-refractivity contribution is 7.80. The number of primary amides is 1. The van der Waals surface area contributed by atoms with Crippen molar-refractivity contribution < 1.29 is 18.6 Å². The summed E-state index contributed by atoms with van der Waals surface area (Å²) in [6.07, 6.45) is 7.15. The van der Waals surface area contributed by atoms with Gasteiger partial charge in [0.1, 0.15) is 0 Å². The second-order valence-electron chi connectivity index (χ2n) is 10.4. The summed E-state index contributed by atoms with van der Waals surface area (Å²) in [6.45, 7) is 4.27. The van der Waals surface area contributed by atoms with Gasteiger partial charge in [0.05, 0.1) is 25.6 Å². The largest absolute Gasteiger partial charge is 0.369 e. The smallest absolute Gasteiger partial charge is 0.240 e. The highest BCUT2D eigenvalue weighted by atomic mass is 32.2. The van der Waals surface area contributed by atoms with E-state index in [-0.39, 0.29) is 37.6 Å². The lowest BCUT2D eigenvalue weighted by atomic mass is 9.96. The fourth-order valence-electron chi connectivity index (χ4n) is 5.52. The third-order valence-corrected chi connectivity index (χ3v) is 9.44. The summed E-state index contributed by atoms with van der Waals surface area (Å²) < 4.78 is 17.1. The van der Waals surface area contributed by atoms with Crippen molar-refractivity contribution in [1.29, 1.82) is 0 Å². The maximum atomic E-state index is 13.7. The summed E-state index contributed by atoms with van der Waals surface area (Å²) in [5.41, 5.74) is 6.76. The van der Waals surface area contributed by atoms with Crippen molar-refractivity contribution in [3.63, 3.8) is 0 Å². The maximum absolute atomic E-state index is 13.7. The molecular weight excluding hydrogens is 528 g/mol. The molecule has 214 valence electrons. The number of hydrogen-bond donors (Lipinski definition) is 3. The van der Waals surface area contributed by atoms with Crippen LogP contribution in [-0.2, 0) is 25.6 Å². The zero-order valence-corrected chi connectivity index (χ0v) is 23.7. The molecule has 0 saturated carbocycles. The van der Waals surface area contributed by atoms with Crippen molar-refractivity contribution in [2.24, 2.45) is 11.7 Å². The van der Waals surface area contributed by atoms with Crippen LogP contribution in [0.3, 0.4) is 0 Å². The Morgan fingerprint density at radius 2 is 1.80 bits per heavy atom. The van der Waals surface area contributed by atoms with Gasteiger partial charge in [-0.15, -0.1) is 6.42 Å². The van der Waals surface area contributed by atoms with Crippen molar-refractivity contribution in [1.82, 2.24) is 24.1 Å². The molecule has 4 N–H and O–H groups in total. The van der Waals surface area contributed by atoms with Gasteiger partial charge in [0, 0.05) is 38.3 Å². The molecule has 2 aliphatic rings. The Bertz CT molecular complexity index is 1280. The monoisotopic (exact) mass is 566 g/mol. The summed E-state index contributed by atoms with van der Waals surface area (Å²) in [7, 11) is 0. The van der Waals surface area contributed by atoms with E-state index in [1.54, 1.807) is 8.61 Å². The summed E-state index contributed by atoms with van der Waals surface area (Å²) in [4.78, 5) is 38.9. The van der Waals surface area contributed by atoms with Crippen molar-refractivity contribution in [3.05, 3.63) is 48.0 Å². The van der Waals surface area contributed by atoms with Crippen LogP contribution in [0.25, 0.3) is 10.8 Å². The van der Waals surface area contributed by atoms with E-state index in [0.29, 0.717) is 19.5 Å². The molecule has 0 spiro atoms. The number of nitrogens with zero attached hydrogens (tertiary/aromatic N) is 3. The van der Waals surface area contributed by atoms with E-state index in [9.17, 15) is 18.6 Å². The number of benzene rings is 2. The van der Waals surface area contributed by atoms with E-state index in [1.807, 2.05) is 6.07 Å². The number of rotatable bonds is 11. The van der Waals surface area contributed by atoms with Crippen LogP contribution in [0.2, 0.25) is 0 Å². The second-order valence-corrected chi connectivity index (χ2v) is 11.8. The minimum Gasteiger partial charge on any atom is -0.369 e. The molecule has 3 unspecified atom stereocenters. The molecule has 3 amide bonds. The number of hydrogen-bond acceptors (Lipinski definition) is 5. The quantitative estimate of drug-likeness (QED) is 0.349. The number of likely N-dealkylation sites (tertiary alicyclic amines) is 1. The fourth-order valence-corrected chi connectivity index (χ4v) is 7.08. The molecule has 4 rings (SSSR count). The highest BCUT2D eigenvalue weighted by Crippen LogP contribution is 2.31. The highest BCUT2D eigenvalue weighted by Gasteiger charge is 2.37. The van der Waals surface area contributed by atoms with Crippen molar-refractivity contribution >= 4 is 39.7 Å². The summed E-state index contributed by atoms with van der Waals surface area (Å²) in [5, 5.41) is 7.56. The van der Waals surface area contributed by atoms with Crippen LogP contribution in [0, 0.1) is 18.3 Å². The summed E-state index contributed by atoms with van der Waals surface area (Å²) >= 11 is -1.63. The topological polar surface area (TPSA) is 128 Å². The molecule has 3 atom stereocenters. The van der Waals surface area contributed by atoms with E-state index in [2.05, 4.69) is 64.8 Å². The molecule has 2 aromatic rings. The van der Waals surface area contributed by atoms with E-state index in [0.717, 1.165) is 25.9 Å². The number of carbonyl (C=O) groups excluding carboxylic acids is 3. The third-order valence-electron chi connectivity index (χ3n) is 7.84. The SMILES string of the molecule is C#CCNC(=O)CNC(=O)CN(C1CCN(C(C)c2cccc3ccccc23)CC1)S(=O)N1CCC(C(N)=O)C1. The molecule has 2 aromatic carbocycles. The molecule has 0 aliphatic carbocycles. The lowest BCUT2D eigenvalue weighted by Gasteiger charge is -2.41. The standard InChI is InChI=1S/C29H38N6O4S/c1-3-14-31-27(36)18-32-28(37)20-35(40(39)34-17-11-23(19-34)29(30)38)24-12-15-33(16-13-24)21(2)25-10-6-8-22-7-4-5-9-26(22)25/h1,4-10,21,23-24H,11-20H2,2H3,(H2,30,38)(H,31,36)(H,32,37). The Hall–Kier alpha value is -3.30. The van der Waals surface area contributed by atoms with Crippen LogP contribution in [-0.4, -0.2) is 87.3 Å². The van der Waals surface area contributed by atoms with Crippen molar-refractivity contribution in [3.8, 4) is 12.3 Å². The number of piperidine rings is 1. The molecule has 2 saturated heterocycles. The normalized spacial score (nSPS) is 20.2. The van der Waals surface area contributed by atoms with E-state index in [1.165, 1.54) is 16.3 Å². The van der Waals surface area contributed by atoms with Gasteiger partial charge in [-0.25, -0.2) is 8.51 Å². The van der Waals surface area contributed by atoms with Crippen LogP contribution in [0.5, 0.6) is 0 Å². The van der Waals surface area contributed by atoms with Crippen LogP contribution < -0.4 is 16.4 Å². The Labute approximate surface area is 238 Å². The number of terminal acetylenes is 1. The number of nitrogens with one attached hydrogen (secondary N) is 2. The first kappa shape index (κ1) is 29.7. The van der Waals surface area contributed by atoms with Crippen LogP contribution >= 0.6 is 0 Å². The lowest BCUT2D eigenvalue weighted by Crippen LogP contribution is -2.52. The van der Waals surface area contributed by atoms with E-state index in [4.69, 9.17) is 12.2 Å². The maximum Gasteiger partial charge on any atom is 0.240 e. The second kappa shape index (κ2) is 13.9. The average molecular weight is 567 g/mol. The number of fused-ring (bicyclic) bond motifs is 1. The minimum atomic E-state index is -1.63. The first-order valence-electron chi connectivity index (χ1n) is 13.7. The third kappa shape index (κ3) is 7.26. The summed E-state index contributed by atoms with van der Waals surface area (Å²) in [6, 6.07) is 14.9. The number of amides is 3. The van der Waals surface area contributed by atoms with Gasteiger partial charge in [-0.05, 0) is 42.5 Å². The predicted octanol–water partition coefficient (Wildman–Crippen LogP) is 0.919. The van der Waals surface area contributed by atoms with Crippen LogP contribution in [0.15, 0.2) is 42.5 Å². The van der Waals surface area contributed by atoms with Gasteiger partial charge in [-0.3, -0.25) is 19.3 Å². The number of carbonyl (C=O) groups is 3. The van der Waals surface area contributed by atoms with Gasteiger partial charge < -0.3 is 16.4 Å². The van der Waals surface area contributed by atoms with Gasteiger partial charge in [0.2, 0.25) is 17.7 Å². The van der Waals surface area contributed by atoms with Gasteiger partial charge in [-0.1, -0.05) is 48.4 Å². The van der Waals surface area contributed by atoms with E-state index < -0.39 is 28.9 Å². The molecule has 10 nitrogen and oxygen atoms in total. The zero-order chi connectivity index (χ0) is 28.6. The Morgan fingerprint density at radius 3 is 2.50 bits per heavy atom. The predicted molar refractivity (Wildman–Crippen MR) is 156 cm³/mol. The Kier molecular flexibility index (Phi) is 10.3. The van der Waals surface area contributed by atoms with Gasteiger partial charge >= 0.3 is 0 Å². The van der Waals surface area contributed by atoms with Gasteiger partial charge in [-0.2, -0.15) is 4.31 Å². The Balaban J connectivity index is 1.43. The molecule has 40 heavy (non-hydrogen) atoms. The van der Waals surface area contributed by atoms with Crippen LogP contribution in [0.4, 0.5) is 0 Å². The molecule has 2 aliphatic heterocycles. The molecule has 0 aromatic heterocycles. The molecule has 11 heteroatoms. The van der Waals surface area contributed by atoms with E-state index >= 15 is 0 Å². The minimum absolute atomic E-state index is 0.0800. The first-order chi connectivity index (χ1) is 19.3. The van der Waals surface area contributed by atoms with Gasteiger partial charge in [0.25, 0.3) is 0 Å². The molecule has 2 fully saturated rings. The number of nitrogens with two attached hydrogens (primary N) is 1. The van der Waals surface area contributed by atoms with Crippen molar-refractivity contribution in [2.45, 2.75) is 38.3 Å². The first-order valence-corrected chi connectivity index (χ1v) is 14.8. The molecule has 0 radical (unpaired) electrons. The average Bonchev–Trinajstić information content (AvgIpc) is 3.48. The van der Waals surface area contributed by atoms with Gasteiger partial charge in [0.15, 0.2) is 11.2 Å². The van der Waals surface area contributed by atoms with Crippen LogP contribution in [0.1, 0.15) is 37.8 Å². The lowest BCUT2D eigenvalue weighted by molar-refractivity contribution is -0.126. The molecule has 0 bridgehead atoms. The molecular formula is C29H38N6O4S. The Morgan fingerprint density at radius 1 is 1.07 bits per heavy atom. The fraction of sp³-hybridized carbons (Fsp3) is 0.483. The van der Waals surface area contributed by atoms with Crippen molar-refractivity contribution in [2.75, 3.05) is 45.8 Å².